The van der Waals surface area contributed by atoms with E-state index in [0.717, 1.165) is 24.7 Å². The van der Waals surface area contributed by atoms with Crippen LogP contribution in [0.1, 0.15) is 42.1 Å². The van der Waals surface area contributed by atoms with Crippen molar-refractivity contribution in [3.8, 4) is 0 Å². The molecule has 0 radical (unpaired) electrons. The van der Waals surface area contributed by atoms with Gasteiger partial charge in [-0.15, -0.1) is 0 Å². The average molecular weight is 452 g/mol. The first kappa shape index (κ1) is 22.5. The maximum Gasteiger partial charge on any atom is 0.252 e. The van der Waals surface area contributed by atoms with Gasteiger partial charge in [0.1, 0.15) is 17.5 Å². The van der Waals surface area contributed by atoms with E-state index < -0.39 is 17.5 Å². The second-order valence-electron chi connectivity index (χ2n) is 8.18. The molecule has 1 saturated heterocycles. The Morgan fingerprint density at radius 1 is 1.15 bits per heavy atom. The van der Waals surface area contributed by atoms with E-state index in [1.165, 1.54) is 36.9 Å². The number of rotatable bonds is 8. The van der Waals surface area contributed by atoms with Crippen molar-refractivity contribution in [2.45, 2.75) is 38.8 Å². The van der Waals surface area contributed by atoms with Gasteiger partial charge in [-0.05, 0) is 61.2 Å². The minimum absolute atomic E-state index is 0.113. The van der Waals surface area contributed by atoms with Crippen LogP contribution in [0.25, 0.3) is 0 Å². The van der Waals surface area contributed by atoms with Crippen LogP contribution in [-0.4, -0.2) is 23.5 Å². The highest BCUT2D eigenvalue weighted by molar-refractivity contribution is 5.98. The number of hydrogen-bond donors (Lipinski definition) is 3. The maximum atomic E-state index is 13.5. The van der Waals surface area contributed by atoms with E-state index in [1.807, 2.05) is 12.1 Å². The lowest BCUT2D eigenvalue weighted by molar-refractivity contribution is 0.100. The summed E-state index contributed by atoms with van der Waals surface area (Å²) in [5, 5.41) is 6.26. The molecule has 2 heterocycles. The zero-order chi connectivity index (χ0) is 23.4. The third-order valence-electron chi connectivity index (χ3n) is 5.89. The standard InChI is InChI=1S/C25H27F2N5O/c1-2-20-4-3-9-32(20)21-7-5-19(6-8-21)31-24-13-23(22(15-30-24)25(28)33)29-14-16-10-17(26)12-18(27)11-16/h5-8,10-13,15,20H,2-4,9,14H2,1H3,(H2,28,33)(H2,29,30,31)/t20-/m0/s1. The van der Waals surface area contributed by atoms with E-state index in [2.05, 4.69) is 39.6 Å². The summed E-state index contributed by atoms with van der Waals surface area (Å²) in [6, 6.07) is 13.7. The second-order valence-corrected chi connectivity index (χ2v) is 8.18. The van der Waals surface area contributed by atoms with Gasteiger partial charge in [-0.2, -0.15) is 0 Å². The molecule has 0 unspecified atom stereocenters. The molecule has 0 aliphatic carbocycles. The van der Waals surface area contributed by atoms with Crippen LogP contribution in [0.3, 0.4) is 0 Å². The van der Waals surface area contributed by atoms with Crippen molar-refractivity contribution in [1.82, 2.24) is 4.98 Å². The van der Waals surface area contributed by atoms with E-state index in [-0.39, 0.29) is 12.1 Å². The monoisotopic (exact) mass is 451 g/mol. The van der Waals surface area contributed by atoms with Gasteiger partial charge in [0.05, 0.1) is 11.3 Å². The molecular formula is C25H27F2N5O. The fraction of sp³-hybridized carbons (Fsp3) is 0.280. The van der Waals surface area contributed by atoms with E-state index in [0.29, 0.717) is 23.1 Å². The smallest absolute Gasteiger partial charge is 0.252 e. The van der Waals surface area contributed by atoms with Crippen LogP contribution in [0.4, 0.5) is 31.7 Å². The molecule has 3 aromatic rings. The van der Waals surface area contributed by atoms with Gasteiger partial charge in [0.2, 0.25) is 0 Å². The van der Waals surface area contributed by atoms with Gasteiger partial charge in [-0.25, -0.2) is 13.8 Å². The number of carbonyl (C=O) groups is 1. The topological polar surface area (TPSA) is 83.3 Å². The van der Waals surface area contributed by atoms with Gasteiger partial charge in [-0.3, -0.25) is 4.79 Å². The zero-order valence-corrected chi connectivity index (χ0v) is 18.4. The highest BCUT2D eigenvalue weighted by atomic mass is 19.1. The summed E-state index contributed by atoms with van der Waals surface area (Å²) in [4.78, 5) is 18.6. The number of pyridine rings is 1. The number of primary amides is 1. The molecule has 8 heteroatoms. The summed E-state index contributed by atoms with van der Waals surface area (Å²) >= 11 is 0. The lowest BCUT2D eigenvalue weighted by atomic mass is 10.1. The Labute approximate surface area is 191 Å². The van der Waals surface area contributed by atoms with Crippen molar-refractivity contribution in [2.24, 2.45) is 5.73 Å². The minimum atomic E-state index is -0.665. The number of nitrogens with two attached hydrogens (primary N) is 1. The Morgan fingerprint density at radius 2 is 1.88 bits per heavy atom. The highest BCUT2D eigenvalue weighted by Gasteiger charge is 2.22. The van der Waals surface area contributed by atoms with E-state index in [1.54, 1.807) is 6.07 Å². The van der Waals surface area contributed by atoms with Crippen LogP contribution < -0.4 is 21.3 Å². The number of halogens is 2. The first-order valence-corrected chi connectivity index (χ1v) is 11.1. The Balaban J connectivity index is 1.49. The van der Waals surface area contributed by atoms with Gasteiger partial charge in [0.25, 0.3) is 5.91 Å². The molecule has 1 atom stereocenters. The van der Waals surface area contributed by atoms with Crippen LogP contribution >= 0.6 is 0 Å². The fourth-order valence-corrected chi connectivity index (χ4v) is 4.26. The molecule has 1 aliphatic heterocycles. The van der Waals surface area contributed by atoms with Gasteiger partial charge in [0.15, 0.2) is 0 Å². The Bertz CT molecular complexity index is 1120. The Kier molecular flexibility index (Phi) is 6.72. The second kappa shape index (κ2) is 9.85. The van der Waals surface area contributed by atoms with E-state index in [4.69, 9.17) is 5.73 Å². The van der Waals surface area contributed by atoms with Crippen molar-refractivity contribution in [3.63, 3.8) is 0 Å². The van der Waals surface area contributed by atoms with Crippen LogP contribution in [0.15, 0.2) is 54.7 Å². The number of benzene rings is 2. The lowest BCUT2D eigenvalue weighted by Crippen LogP contribution is -2.28. The summed E-state index contributed by atoms with van der Waals surface area (Å²) in [6.07, 6.45) is 4.95. The molecule has 1 amide bonds. The number of amides is 1. The van der Waals surface area contributed by atoms with Crippen molar-refractivity contribution >= 4 is 28.8 Å². The van der Waals surface area contributed by atoms with Crippen molar-refractivity contribution in [2.75, 3.05) is 22.1 Å². The van der Waals surface area contributed by atoms with Crippen molar-refractivity contribution in [1.29, 1.82) is 0 Å². The largest absolute Gasteiger partial charge is 0.380 e. The molecule has 172 valence electrons. The Hall–Kier alpha value is -3.68. The van der Waals surface area contributed by atoms with Gasteiger partial charge >= 0.3 is 0 Å². The minimum Gasteiger partial charge on any atom is -0.380 e. The predicted molar refractivity (Wildman–Crippen MR) is 127 cm³/mol. The molecule has 4 rings (SSSR count). The van der Waals surface area contributed by atoms with Crippen LogP contribution in [0.2, 0.25) is 0 Å². The van der Waals surface area contributed by atoms with Gasteiger partial charge in [0, 0.05) is 48.8 Å². The molecule has 2 aromatic carbocycles. The molecule has 1 fully saturated rings. The first-order valence-electron chi connectivity index (χ1n) is 11.1. The van der Waals surface area contributed by atoms with E-state index >= 15 is 0 Å². The summed E-state index contributed by atoms with van der Waals surface area (Å²) in [5.74, 6) is -1.47. The number of nitrogens with zero attached hydrogens (tertiary/aromatic N) is 2. The molecule has 1 aromatic heterocycles. The van der Waals surface area contributed by atoms with Crippen molar-refractivity contribution in [3.05, 3.63) is 77.5 Å². The molecule has 33 heavy (non-hydrogen) atoms. The summed E-state index contributed by atoms with van der Waals surface area (Å²) in [6.45, 7) is 3.41. The summed E-state index contributed by atoms with van der Waals surface area (Å²) < 4.78 is 26.9. The SMILES string of the molecule is CC[C@H]1CCCN1c1ccc(Nc2cc(NCc3cc(F)cc(F)c3)c(C(N)=O)cn2)cc1. The highest BCUT2D eigenvalue weighted by Crippen LogP contribution is 2.29. The van der Waals surface area contributed by atoms with Crippen LogP contribution in [0, 0.1) is 11.6 Å². The maximum absolute atomic E-state index is 13.5. The predicted octanol–water partition coefficient (Wildman–Crippen LogP) is 5.19. The van der Waals surface area contributed by atoms with Gasteiger partial charge in [-0.1, -0.05) is 6.92 Å². The quantitative estimate of drug-likeness (QED) is 0.439. The molecule has 4 N–H and O–H groups in total. The van der Waals surface area contributed by atoms with Crippen LogP contribution in [-0.2, 0) is 6.54 Å². The number of nitrogens with one attached hydrogen (secondary N) is 2. The zero-order valence-electron chi connectivity index (χ0n) is 18.4. The molecule has 0 spiro atoms. The number of carbonyl (C=O) groups excluding carboxylic acids is 1. The number of anilines is 4. The summed E-state index contributed by atoms with van der Waals surface area (Å²) in [7, 11) is 0. The first-order chi connectivity index (χ1) is 15.9. The third kappa shape index (κ3) is 5.39. The molecular weight excluding hydrogens is 424 g/mol. The summed E-state index contributed by atoms with van der Waals surface area (Å²) in [5.41, 5.74) is 8.53. The average Bonchev–Trinajstić information content (AvgIpc) is 3.26. The normalized spacial score (nSPS) is 15.5. The third-order valence-corrected chi connectivity index (χ3v) is 5.89. The van der Waals surface area contributed by atoms with Gasteiger partial charge < -0.3 is 21.3 Å². The molecule has 1 aliphatic rings. The van der Waals surface area contributed by atoms with E-state index in [9.17, 15) is 13.6 Å². The van der Waals surface area contributed by atoms with Crippen molar-refractivity contribution < 1.29 is 13.6 Å². The lowest BCUT2D eigenvalue weighted by Gasteiger charge is -2.26. The number of hydrogen-bond acceptors (Lipinski definition) is 5. The molecule has 6 nitrogen and oxygen atoms in total. The molecule has 0 bridgehead atoms. The molecule has 0 saturated carbocycles. The number of aromatic nitrogens is 1. The fourth-order valence-electron chi connectivity index (χ4n) is 4.26. The van der Waals surface area contributed by atoms with Crippen LogP contribution in [0.5, 0.6) is 0 Å². The Morgan fingerprint density at radius 3 is 2.55 bits per heavy atom.